The van der Waals surface area contributed by atoms with E-state index in [0.717, 1.165) is 66.0 Å². The summed E-state index contributed by atoms with van der Waals surface area (Å²) in [6.45, 7) is 15.9. The molecule has 6 nitrogen and oxygen atoms in total. The maximum Gasteiger partial charge on any atom is 0.407 e. The van der Waals surface area contributed by atoms with Crippen molar-refractivity contribution < 1.29 is 14.3 Å². The van der Waals surface area contributed by atoms with Crippen LogP contribution in [-0.4, -0.2) is 40.5 Å². The third-order valence-electron chi connectivity index (χ3n) is 6.24. The number of pyridine rings is 1. The van der Waals surface area contributed by atoms with Gasteiger partial charge in [0, 0.05) is 35.6 Å². The molecule has 35 heavy (non-hydrogen) atoms. The molecule has 0 atom stereocenters. The molecule has 0 saturated carbocycles. The maximum atomic E-state index is 13.2. The van der Waals surface area contributed by atoms with Crippen molar-refractivity contribution in [2.75, 3.05) is 13.1 Å². The average molecular weight is 480 g/mol. The van der Waals surface area contributed by atoms with Gasteiger partial charge >= 0.3 is 6.09 Å². The number of amides is 2. The Labute approximate surface area is 210 Å². The fourth-order valence-electron chi connectivity index (χ4n) is 4.55. The van der Waals surface area contributed by atoms with E-state index in [1.165, 1.54) is 5.56 Å². The van der Waals surface area contributed by atoms with Crippen molar-refractivity contribution in [3.63, 3.8) is 0 Å². The molecule has 0 bridgehead atoms. The monoisotopic (exact) mass is 479 g/mol. The van der Waals surface area contributed by atoms with Gasteiger partial charge in [0.15, 0.2) is 0 Å². The number of rotatable bonds is 7. The number of aryl methyl sites for hydroxylation is 2. The minimum absolute atomic E-state index is 0.103. The average Bonchev–Trinajstić information content (AvgIpc) is 3.28. The van der Waals surface area contributed by atoms with E-state index >= 15 is 0 Å². The number of carbonyl (C=O) groups excluding carboxylic acids is 2. The van der Waals surface area contributed by atoms with E-state index in [1.54, 1.807) is 0 Å². The highest BCUT2D eigenvalue weighted by Gasteiger charge is 2.26. The Morgan fingerprint density at radius 3 is 2.26 bits per heavy atom. The molecule has 2 amide bonds. The van der Waals surface area contributed by atoms with Gasteiger partial charge < -0.3 is 15.0 Å². The molecule has 190 valence electrons. The second-order valence-electron chi connectivity index (χ2n) is 11.2. The molecule has 2 heterocycles. The first kappa shape index (κ1) is 26.7. The zero-order chi connectivity index (χ0) is 25.8. The fourth-order valence-corrected chi connectivity index (χ4v) is 4.55. The van der Waals surface area contributed by atoms with Crippen molar-refractivity contribution in [2.24, 2.45) is 5.92 Å². The predicted octanol–water partition coefficient (Wildman–Crippen LogP) is 5.75. The number of carbonyl (C=O) groups is 2. The van der Waals surface area contributed by atoms with E-state index in [1.807, 2.05) is 32.6 Å². The summed E-state index contributed by atoms with van der Waals surface area (Å²) < 4.78 is 5.73. The Morgan fingerprint density at radius 2 is 1.69 bits per heavy atom. The highest BCUT2D eigenvalue weighted by molar-refractivity contribution is 5.84. The summed E-state index contributed by atoms with van der Waals surface area (Å²) in [4.78, 5) is 32.7. The van der Waals surface area contributed by atoms with Crippen molar-refractivity contribution in [3.8, 4) is 11.1 Å². The molecule has 1 aromatic heterocycles. The molecular formula is C29H41N3O3. The van der Waals surface area contributed by atoms with Gasteiger partial charge in [-0.3, -0.25) is 9.78 Å². The summed E-state index contributed by atoms with van der Waals surface area (Å²) in [6.07, 6.45) is 2.72. The Bertz CT molecular complexity index is 1050. The van der Waals surface area contributed by atoms with Crippen molar-refractivity contribution in [1.29, 1.82) is 0 Å². The van der Waals surface area contributed by atoms with Gasteiger partial charge in [0.2, 0.25) is 5.91 Å². The summed E-state index contributed by atoms with van der Waals surface area (Å²) >= 11 is 0. The SMILES string of the molecule is Cc1ccc(-c2c(CC(=O)N3CCCC3)c(C)nc(CC(C)C)c2COC(=O)NC(C)(C)C)cc1. The van der Waals surface area contributed by atoms with Crippen molar-refractivity contribution in [2.45, 2.75) is 86.3 Å². The number of ether oxygens (including phenoxy) is 1. The van der Waals surface area contributed by atoms with Crippen LogP contribution < -0.4 is 5.32 Å². The second kappa shape index (κ2) is 11.2. The topological polar surface area (TPSA) is 71.5 Å². The zero-order valence-corrected chi connectivity index (χ0v) is 22.5. The van der Waals surface area contributed by atoms with Gasteiger partial charge in [-0.25, -0.2) is 4.79 Å². The Hall–Kier alpha value is -2.89. The van der Waals surface area contributed by atoms with E-state index in [9.17, 15) is 9.59 Å². The van der Waals surface area contributed by atoms with E-state index < -0.39 is 11.6 Å². The summed E-state index contributed by atoms with van der Waals surface area (Å²) in [5.74, 6) is 0.515. The van der Waals surface area contributed by atoms with Gasteiger partial charge in [-0.1, -0.05) is 43.7 Å². The maximum absolute atomic E-state index is 13.2. The van der Waals surface area contributed by atoms with Crippen LogP contribution in [0.3, 0.4) is 0 Å². The van der Waals surface area contributed by atoms with Crippen molar-refractivity contribution >= 4 is 12.0 Å². The molecule has 1 fully saturated rings. The molecular weight excluding hydrogens is 438 g/mol. The lowest BCUT2D eigenvalue weighted by molar-refractivity contribution is -0.129. The highest BCUT2D eigenvalue weighted by atomic mass is 16.5. The van der Waals surface area contributed by atoms with Crippen LogP contribution in [0.5, 0.6) is 0 Å². The van der Waals surface area contributed by atoms with Gasteiger partial charge in [-0.2, -0.15) is 0 Å². The molecule has 0 aliphatic carbocycles. The van der Waals surface area contributed by atoms with Crippen LogP contribution in [0, 0.1) is 19.8 Å². The number of benzene rings is 1. The molecule has 1 aromatic carbocycles. The minimum Gasteiger partial charge on any atom is -0.445 e. The van der Waals surface area contributed by atoms with E-state index in [0.29, 0.717) is 12.3 Å². The predicted molar refractivity (Wildman–Crippen MR) is 140 cm³/mol. The van der Waals surface area contributed by atoms with E-state index in [4.69, 9.17) is 9.72 Å². The van der Waals surface area contributed by atoms with Gasteiger partial charge in [0.05, 0.1) is 6.42 Å². The minimum atomic E-state index is -0.460. The molecule has 0 radical (unpaired) electrons. The second-order valence-corrected chi connectivity index (χ2v) is 11.2. The van der Waals surface area contributed by atoms with Gasteiger partial charge in [0.1, 0.15) is 6.61 Å². The molecule has 0 spiro atoms. The number of likely N-dealkylation sites (tertiary alicyclic amines) is 1. The molecule has 1 saturated heterocycles. The largest absolute Gasteiger partial charge is 0.445 e. The Kier molecular flexibility index (Phi) is 8.57. The summed E-state index contributed by atoms with van der Waals surface area (Å²) in [7, 11) is 0. The molecule has 2 aromatic rings. The number of aromatic nitrogens is 1. The fraction of sp³-hybridized carbons (Fsp3) is 0.552. The normalized spacial score (nSPS) is 13.9. The standard InChI is InChI=1S/C29H41N3O3/c1-19(2)16-25-24(18-35-28(34)31-29(5,6)7)27(22-12-10-20(3)11-13-22)23(21(4)30-25)17-26(33)32-14-8-9-15-32/h10-13,19H,8-9,14-18H2,1-7H3,(H,31,34). The van der Waals surface area contributed by atoms with Crippen LogP contribution in [0.1, 0.15) is 75.5 Å². The molecule has 1 aliphatic rings. The summed E-state index contributed by atoms with van der Waals surface area (Å²) in [5, 5.41) is 2.87. The van der Waals surface area contributed by atoms with Crippen LogP contribution in [0.25, 0.3) is 11.1 Å². The lowest BCUT2D eigenvalue weighted by Crippen LogP contribution is -2.40. The van der Waals surface area contributed by atoms with Gasteiger partial charge in [-0.15, -0.1) is 0 Å². The zero-order valence-electron chi connectivity index (χ0n) is 22.5. The van der Waals surface area contributed by atoms with Gasteiger partial charge in [0.25, 0.3) is 0 Å². The lowest BCUT2D eigenvalue weighted by Gasteiger charge is -2.24. The Balaban J connectivity index is 2.11. The van der Waals surface area contributed by atoms with Crippen LogP contribution in [-0.2, 0) is 29.0 Å². The molecule has 0 unspecified atom stereocenters. The lowest BCUT2D eigenvalue weighted by atomic mass is 9.88. The molecule has 6 heteroatoms. The van der Waals surface area contributed by atoms with Crippen LogP contribution in [0.15, 0.2) is 24.3 Å². The van der Waals surface area contributed by atoms with E-state index in [-0.39, 0.29) is 12.5 Å². The van der Waals surface area contributed by atoms with Crippen LogP contribution >= 0.6 is 0 Å². The number of nitrogens with zero attached hydrogens (tertiary/aromatic N) is 2. The number of alkyl carbamates (subject to hydrolysis) is 1. The molecule has 1 N–H and O–H groups in total. The number of nitrogens with one attached hydrogen (secondary N) is 1. The first-order valence-electron chi connectivity index (χ1n) is 12.8. The first-order valence-corrected chi connectivity index (χ1v) is 12.8. The molecule has 1 aliphatic heterocycles. The number of hydrogen-bond acceptors (Lipinski definition) is 4. The van der Waals surface area contributed by atoms with Gasteiger partial charge in [-0.05, 0) is 76.5 Å². The quantitative estimate of drug-likeness (QED) is 0.549. The van der Waals surface area contributed by atoms with E-state index in [2.05, 4.69) is 50.4 Å². The van der Waals surface area contributed by atoms with Crippen molar-refractivity contribution in [3.05, 3.63) is 52.3 Å². The summed E-state index contributed by atoms with van der Waals surface area (Å²) in [6, 6.07) is 8.34. The highest BCUT2D eigenvalue weighted by Crippen LogP contribution is 2.34. The number of hydrogen-bond donors (Lipinski definition) is 1. The Morgan fingerprint density at radius 1 is 1.06 bits per heavy atom. The molecule has 3 rings (SSSR count). The smallest absolute Gasteiger partial charge is 0.407 e. The van der Waals surface area contributed by atoms with Crippen LogP contribution in [0.4, 0.5) is 4.79 Å². The van der Waals surface area contributed by atoms with Crippen molar-refractivity contribution in [1.82, 2.24) is 15.2 Å². The third kappa shape index (κ3) is 7.30. The third-order valence-corrected chi connectivity index (χ3v) is 6.24. The first-order chi connectivity index (χ1) is 16.4. The summed E-state index contributed by atoms with van der Waals surface area (Å²) in [5.41, 5.74) is 6.37. The van der Waals surface area contributed by atoms with Crippen LogP contribution in [0.2, 0.25) is 0 Å².